The first-order chi connectivity index (χ1) is 22.0. The van der Waals surface area contributed by atoms with E-state index < -0.39 is 6.10 Å². The van der Waals surface area contributed by atoms with Gasteiger partial charge in [0.05, 0.1) is 18.8 Å². The van der Waals surface area contributed by atoms with Crippen LogP contribution in [0.15, 0.2) is 0 Å². The Labute approximate surface area is 280 Å². The van der Waals surface area contributed by atoms with E-state index in [2.05, 4.69) is 39.9 Å². The van der Waals surface area contributed by atoms with E-state index in [4.69, 9.17) is 4.74 Å². The molecule has 0 aromatic heterocycles. The number of unbranched alkanes of at least 4 members (excludes halogenated alkanes) is 2. The van der Waals surface area contributed by atoms with E-state index in [1.807, 2.05) is 0 Å². The van der Waals surface area contributed by atoms with Crippen molar-refractivity contribution in [2.45, 2.75) is 162 Å². The van der Waals surface area contributed by atoms with Crippen LogP contribution in [-0.4, -0.2) is 65.1 Å². The summed E-state index contributed by atoms with van der Waals surface area (Å²) < 4.78 is 5.98. The van der Waals surface area contributed by atoms with Gasteiger partial charge in [0.2, 0.25) is 5.91 Å². The summed E-state index contributed by atoms with van der Waals surface area (Å²) in [5, 5.41) is 22.2. The summed E-state index contributed by atoms with van der Waals surface area (Å²) in [5.74, 6) is 5.88. The monoisotopic (exact) mass is 645 g/mol. The van der Waals surface area contributed by atoms with Crippen molar-refractivity contribution in [2.24, 2.45) is 52.3 Å². The summed E-state index contributed by atoms with van der Waals surface area (Å²) in [6, 6.07) is -0.261. The van der Waals surface area contributed by atoms with Crippen LogP contribution >= 0.6 is 0 Å². The zero-order chi connectivity index (χ0) is 33.1. The van der Waals surface area contributed by atoms with Crippen molar-refractivity contribution < 1.29 is 24.5 Å². The van der Waals surface area contributed by atoms with Crippen LogP contribution in [0.2, 0.25) is 0 Å². The lowest BCUT2D eigenvalue weighted by Gasteiger charge is -2.61. The van der Waals surface area contributed by atoms with Crippen molar-refractivity contribution in [3.63, 3.8) is 0 Å². The lowest BCUT2D eigenvalue weighted by molar-refractivity contribution is -0.133. The molecule has 4 saturated carbocycles. The molecule has 2 amide bonds. The van der Waals surface area contributed by atoms with E-state index >= 15 is 0 Å². The maximum Gasteiger partial charge on any atom is 0.407 e. The van der Waals surface area contributed by atoms with Crippen LogP contribution < -0.4 is 5.32 Å². The first-order valence-corrected chi connectivity index (χ1v) is 19.5. The number of β-amino-alcohol motifs (C(OH)–C–C–N with tert-alkyl or cyclic N) is 1. The molecule has 1 aliphatic heterocycles. The zero-order valence-corrected chi connectivity index (χ0v) is 30.0. The van der Waals surface area contributed by atoms with Crippen molar-refractivity contribution in [1.82, 2.24) is 10.2 Å². The Kier molecular flexibility index (Phi) is 12.1. The maximum absolute atomic E-state index is 12.7. The van der Waals surface area contributed by atoms with Gasteiger partial charge < -0.3 is 25.2 Å². The molecule has 1 saturated heterocycles. The maximum atomic E-state index is 12.7. The second-order valence-electron chi connectivity index (χ2n) is 17.5. The molecule has 3 N–H and O–H groups in total. The normalized spacial score (nSPS) is 39.4. The van der Waals surface area contributed by atoms with Crippen LogP contribution in [0.25, 0.3) is 0 Å². The van der Waals surface area contributed by atoms with Gasteiger partial charge in [-0.2, -0.15) is 0 Å². The summed E-state index contributed by atoms with van der Waals surface area (Å²) >= 11 is 0. The molecule has 1 heterocycles. The van der Waals surface area contributed by atoms with E-state index in [9.17, 15) is 19.8 Å². The molecular weight excluding hydrogens is 576 g/mol. The van der Waals surface area contributed by atoms with Crippen molar-refractivity contribution in [3.05, 3.63) is 0 Å². The molecule has 5 rings (SSSR count). The number of rotatable bonds is 13. The number of alkyl carbamates (subject to hydrolysis) is 1. The Morgan fingerprint density at radius 3 is 2.41 bits per heavy atom. The van der Waals surface area contributed by atoms with Gasteiger partial charge in [0.15, 0.2) is 0 Å². The smallest absolute Gasteiger partial charge is 0.407 e. The molecule has 46 heavy (non-hydrogen) atoms. The molecule has 5 aliphatic rings. The number of amides is 2. The first-order valence-electron chi connectivity index (χ1n) is 19.5. The third-order valence-corrected chi connectivity index (χ3v) is 14.4. The summed E-state index contributed by atoms with van der Waals surface area (Å²) in [4.78, 5) is 26.8. The fourth-order valence-electron chi connectivity index (χ4n) is 11.8. The van der Waals surface area contributed by atoms with E-state index in [1.165, 1.54) is 64.2 Å². The minimum Gasteiger partial charge on any atom is -0.446 e. The molecule has 0 bridgehead atoms. The minimum absolute atomic E-state index is 0.00176. The number of likely N-dealkylation sites (tertiary alicyclic amines) is 1. The summed E-state index contributed by atoms with van der Waals surface area (Å²) in [5.41, 5.74) is 0.930. The number of aliphatic hydroxyl groups is 2. The highest BCUT2D eigenvalue weighted by Gasteiger charge is 2.60. The molecular formula is C39H68N2O5. The predicted molar refractivity (Wildman–Crippen MR) is 183 cm³/mol. The fourth-order valence-corrected chi connectivity index (χ4v) is 11.8. The van der Waals surface area contributed by atoms with Crippen molar-refractivity contribution in [2.75, 3.05) is 19.7 Å². The quantitative estimate of drug-likeness (QED) is 0.178. The van der Waals surface area contributed by atoms with Gasteiger partial charge in [0.1, 0.15) is 6.10 Å². The third kappa shape index (κ3) is 7.76. The summed E-state index contributed by atoms with van der Waals surface area (Å²) in [6.45, 7) is 13.4. The minimum atomic E-state index is -0.536. The molecule has 0 aromatic carbocycles. The number of hydrogen-bond donors (Lipinski definition) is 3. The standard InChI is InChI=1S/C39H68N2O5/c1-26(2)10-9-11-27(3)33-15-16-34-32-14-13-28-22-31(17-19-38(28,4)35(32)18-20-39(33,34)5)46-37(45)40-21-8-6-7-12-36(44)41-24-30(43)23-29(41)25-42/h26-35,42-43H,6-25H2,1-5H3,(H,40,45)/t27-,28?,29+,30-,31+,32?,33-,34?,35?,38+,39-/m1/s1. The summed E-state index contributed by atoms with van der Waals surface area (Å²) in [7, 11) is 0. The van der Waals surface area contributed by atoms with Crippen molar-refractivity contribution >= 4 is 12.0 Å². The highest BCUT2D eigenvalue weighted by Crippen LogP contribution is 2.68. The number of ether oxygens (including phenoxy) is 1. The summed E-state index contributed by atoms with van der Waals surface area (Å²) in [6.07, 6.45) is 18.2. The average Bonchev–Trinajstić information content (AvgIpc) is 3.58. The number of carbonyl (C=O) groups is 2. The lowest BCUT2D eigenvalue weighted by Crippen LogP contribution is -2.54. The van der Waals surface area contributed by atoms with Crippen LogP contribution in [0.1, 0.15) is 144 Å². The number of nitrogens with zero attached hydrogens (tertiary/aromatic N) is 1. The number of nitrogens with one attached hydrogen (secondary N) is 1. The zero-order valence-electron chi connectivity index (χ0n) is 30.0. The van der Waals surface area contributed by atoms with E-state index in [1.54, 1.807) is 4.90 Å². The Morgan fingerprint density at radius 2 is 1.65 bits per heavy atom. The van der Waals surface area contributed by atoms with Crippen molar-refractivity contribution in [1.29, 1.82) is 0 Å². The molecule has 7 heteroatoms. The second kappa shape index (κ2) is 15.5. The number of fused-ring (bicyclic) bond motifs is 5. The van der Waals surface area contributed by atoms with Crippen LogP contribution in [0.3, 0.4) is 0 Å². The molecule has 11 atom stereocenters. The van der Waals surface area contributed by atoms with Gasteiger partial charge in [-0.25, -0.2) is 4.79 Å². The molecule has 5 fully saturated rings. The van der Waals surface area contributed by atoms with Gasteiger partial charge in [-0.15, -0.1) is 0 Å². The second-order valence-corrected chi connectivity index (χ2v) is 17.5. The molecule has 0 radical (unpaired) electrons. The number of hydrogen-bond acceptors (Lipinski definition) is 5. The van der Waals surface area contributed by atoms with Crippen LogP contribution in [0.4, 0.5) is 4.79 Å². The Hall–Kier alpha value is -1.34. The average molecular weight is 645 g/mol. The molecule has 0 aromatic rings. The SMILES string of the molecule is CC(C)CCC[C@@H](C)[C@H]1CCC2C3CCC4C[C@@H](OC(=O)NCCCCCC(=O)N5C[C@H](O)C[C@H]5CO)CC[C@]4(C)C3CC[C@@]21C. The number of aliphatic hydroxyl groups excluding tert-OH is 2. The first kappa shape index (κ1) is 36.0. The van der Waals surface area contributed by atoms with Gasteiger partial charge in [-0.1, -0.05) is 60.3 Å². The van der Waals surface area contributed by atoms with Crippen LogP contribution in [0, 0.1) is 52.3 Å². The van der Waals surface area contributed by atoms with Gasteiger partial charge >= 0.3 is 6.09 Å². The third-order valence-electron chi connectivity index (χ3n) is 14.4. The molecule has 4 aliphatic carbocycles. The Balaban J connectivity index is 1.02. The Bertz CT molecular complexity index is 1020. The van der Waals surface area contributed by atoms with E-state index in [0.29, 0.717) is 42.7 Å². The topological polar surface area (TPSA) is 99.1 Å². The van der Waals surface area contributed by atoms with Crippen molar-refractivity contribution in [3.8, 4) is 0 Å². The highest BCUT2D eigenvalue weighted by molar-refractivity contribution is 5.77. The largest absolute Gasteiger partial charge is 0.446 e. The van der Waals surface area contributed by atoms with Gasteiger partial charge in [-0.05, 0) is 129 Å². The van der Waals surface area contributed by atoms with Crippen LogP contribution in [0.5, 0.6) is 0 Å². The van der Waals surface area contributed by atoms with Gasteiger partial charge in [0.25, 0.3) is 0 Å². The fraction of sp³-hybridized carbons (Fsp3) is 0.949. The van der Waals surface area contributed by atoms with Gasteiger partial charge in [0, 0.05) is 19.5 Å². The van der Waals surface area contributed by atoms with E-state index in [0.717, 1.165) is 67.6 Å². The highest BCUT2D eigenvalue weighted by atomic mass is 16.6. The lowest BCUT2D eigenvalue weighted by atomic mass is 9.44. The predicted octanol–water partition coefficient (Wildman–Crippen LogP) is 7.72. The number of carbonyl (C=O) groups excluding carboxylic acids is 2. The molecule has 7 nitrogen and oxygen atoms in total. The van der Waals surface area contributed by atoms with Crippen LogP contribution in [-0.2, 0) is 9.53 Å². The molecule has 4 unspecified atom stereocenters. The van der Waals surface area contributed by atoms with Gasteiger partial charge in [-0.3, -0.25) is 4.79 Å². The molecule has 0 spiro atoms. The van der Waals surface area contributed by atoms with E-state index in [-0.39, 0.29) is 30.8 Å². The molecule has 264 valence electrons. The Morgan fingerprint density at radius 1 is 0.891 bits per heavy atom.